The Balaban J connectivity index is 2.06. The van der Waals surface area contributed by atoms with E-state index in [1.807, 2.05) is 31.2 Å². The zero-order chi connectivity index (χ0) is 15.2. The fraction of sp³-hybridized carbons (Fsp3) is 0.500. The minimum absolute atomic E-state index is 0.114. The average Bonchev–Trinajstić information content (AvgIpc) is 2.50. The van der Waals surface area contributed by atoms with Crippen LogP contribution >= 0.6 is 0 Å². The highest BCUT2D eigenvalue weighted by Gasteiger charge is 2.33. The third-order valence-electron chi connectivity index (χ3n) is 3.74. The normalized spacial score (nSPS) is 17.4. The van der Waals surface area contributed by atoms with Crippen molar-refractivity contribution in [1.82, 2.24) is 4.90 Å². The van der Waals surface area contributed by atoms with Crippen LogP contribution < -0.4 is 0 Å². The number of rotatable bonds is 6. The molecule has 1 atom stereocenters. The van der Waals surface area contributed by atoms with Crippen LogP contribution in [0.5, 0.6) is 0 Å². The van der Waals surface area contributed by atoms with Crippen LogP contribution in [-0.4, -0.2) is 41.1 Å². The third kappa shape index (κ3) is 3.82. The maximum Gasteiger partial charge on any atom is 0.326 e. The van der Waals surface area contributed by atoms with Crippen molar-refractivity contribution >= 4 is 11.9 Å². The van der Waals surface area contributed by atoms with E-state index in [1.54, 1.807) is 0 Å². The molecule has 5 heteroatoms. The standard InChI is InChI=1S/C16H21NO4/c1-2-21-9-5-8-15(18)17-11-13-7-4-3-6-12(13)10-14(17)16(19)20/h3-4,6-7,14H,2,5,8-11H2,1H3,(H,19,20)/t14-/m1/s1. The van der Waals surface area contributed by atoms with Crippen molar-refractivity contribution in [2.45, 2.75) is 38.8 Å². The van der Waals surface area contributed by atoms with Crippen molar-refractivity contribution in [1.29, 1.82) is 0 Å². The number of fused-ring (bicyclic) bond motifs is 1. The van der Waals surface area contributed by atoms with Crippen LogP contribution in [-0.2, 0) is 27.3 Å². The minimum Gasteiger partial charge on any atom is -0.480 e. The summed E-state index contributed by atoms with van der Waals surface area (Å²) in [6, 6.07) is 6.94. The van der Waals surface area contributed by atoms with Crippen molar-refractivity contribution in [2.24, 2.45) is 0 Å². The van der Waals surface area contributed by atoms with Crippen LogP contribution in [0.4, 0.5) is 0 Å². The lowest BCUT2D eigenvalue weighted by molar-refractivity contribution is -0.151. The number of carbonyl (C=O) groups is 2. The predicted molar refractivity (Wildman–Crippen MR) is 77.8 cm³/mol. The minimum atomic E-state index is -0.942. The SMILES string of the molecule is CCOCCCC(=O)N1Cc2ccccc2C[C@@H]1C(=O)O. The summed E-state index contributed by atoms with van der Waals surface area (Å²) in [5.41, 5.74) is 2.05. The number of carbonyl (C=O) groups excluding carboxylic acids is 1. The molecule has 1 heterocycles. The van der Waals surface area contributed by atoms with Gasteiger partial charge in [-0.15, -0.1) is 0 Å². The summed E-state index contributed by atoms with van der Waals surface area (Å²) in [6.07, 6.45) is 1.33. The molecule has 1 aromatic rings. The molecule has 1 aliphatic rings. The molecule has 21 heavy (non-hydrogen) atoms. The van der Waals surface area contributed by atoms with Gasteiger partial charge in [0.25, 0.3) is 0 Å². The molecule has 1 aromatic carbocycles. The lowest BCUT2D eigenvalue weighted by Crippen LogP contribution is -2.48. The topological polar surface area (TPSA) is 66.8 Å². The Morgan fingerprint density at radius 1 is 1.33 bits per heavy atom. The molecule has 0 aromatic heterocycles. The molecular weight excluding hydrogens is 270 g/mol. The van der Waals surface area contributed by atoms with Gasteiger partial charge in [-0.25, -0.2) is 4.79 Å². The highest BCUT2D eigenvalue weighted by Crippen LogP contribution is 2.24. The summed E-state index contributed by atoms with van der Waals surface area (Å²) in [7, 11) is 0. The first-order chi connectivity index (χ1) is 10.1. The molecule has 114 valence electrons. The van der Waals surface area contributed by atoms with Gasteiger partial charge in [0.15, 0.2) is 0 Å². The summed E-state index contributed by atoms with van der Waals surface area (Å²) in [4.78, 5) is 25.2. The van der Waals surface area contributed by atoms with E-state index in [4.69, 9.17) is 4.74 Å². The van der Waals surface area contributed by atoms with E-state index in [0.29, 0.717) is 39.0 Å². The first-order valence-corrected chi connectivity index (χ1v) is 7.30. The van der Waals surface area contributed by atoms with E-state index in [2.05, 4.69) is 0 Å². The molecule has 1 N–H and O–H groups in total. The lowest BCUT2D eigenvalue weighted by atomic mass is 9.93. The van der Waals surface area contributed by atoms with Crippen LogP contribution in [0.3, 0.4) is 0 Å². The molecule has 5 nitrogen and oxygen atoms in total. The average molecular weight is 291 g/mol. The molecule has 0 spiro atoms. The lowest BCUT2D eigenvalue weighted by Gasteiger charge is -2.34. The third-order valence-corrected chi connectivity index (χ3v) is 3.74. The molecule has 0 unspecified atom stereocenters. The summed E-state index contributed by atoms with van der Waals surface area (Å²) < 4.78 is 5.21. The Bertz CT molecular complexity index is 515. The molecule has 0 aliphatic carbocycles. The zero-order valence-electron chi connectivity index (χ0n) is 12.2. The monoisotopic (exact) mass is 291 g/mol. The van der Waals surface area contributed by atoms with Crippen LogP contribution in [0.15, 0.2) is 24.3 Å². The Kier molecular flexibility index (Phi) is 5.33. The predicted octanol–water partition coefficient (Wildman–Crippen LogP) is 1.84. The van der Waals surface area contributed by atoms with Gasteiger partial charge in [0, 0.05) is 32.6 Å². The highest BCUT2D eigenvalue weighted by molar-refractivity contribution is 5.84. The Morgan fingerprint density at radius 3 is 2.71 bits per heavy atom. The Morgan fingerprint density at radius 2 is 2.05 bits per heavy atom. The molecule has 1 amide bonds. The number of aliphatic carboxylic acids is 1. The number of ether oxygens (including phenoxy) is 1. The fourth-order valence-corrected chi connectivity index (χ4v) is 2.62. The van der Waals surface area contributed by atoms with Gasteiger partial charge < -0.3 is 14.7 Å². The smallest absolute Gasteiger partial charge is 0.326 e. The maximum absolute atomic E-state index is 12.3. The van der Waals surface area contributed by atoms with Gasteiger partial charge in [-0.3, -0.25) is 4.79 Å². The first-order valence-electron chi connectivity index (χ1n) is 7.30. The molecule has 0 bridgehead atoms. The summed E-state index contributed by atoms with van der Waals surface area (Å²) in [5.74, 6) is -1.06. The number of carboxylic acids is 1. The quantitative estimate of drug-likeness (QED) is 0.812. The number of carboxylic acid groups (broad SMARTS) is 1. The molecule has 0 saturated carbocycles. The van der Waals surface area contributed by atoms with Gasteiger partial charge in [-0.05, 0) is 24.5 Å². The van der Waals surface area contributed by atoms with Gasteiger partial charge in [-0.2, -0.15) is 0 Å². The second-order valence-corrected chi connectivity index (χ2v) is 5.15. The highest BCUT2D eigenvalue weighted by atomic mass is 16.5. The van der Waals surface area contributed by atoms with Crippen molar-refractivity contribution in [3.8, 4) is 0 Å². The van der Waals surface area contributed by atoms with E-state index < -0.39 is 12.0 Å². The second kappa shape index (κ2) is 7.22. The first kappa shape index (κ1) is 15.5. The van der Waals surface area contributed by atoms with Crippen molar-refractivity contribution in [2.75, 3.05) is 13.2 Å². The van der Waals surface area contributed by atoms with Crippen molar-refractivity contribution < 1.29 is 19.4 Å². The van der Waals surface area contributed by atoms with E-state index in [0.717, 1.165) is 11.1 Å². The van der Waals surface area contributed by atoms with Gasteiger partial charge in [-0.1, -0.05) is 24.3 Å². The van der Waals surface area contributed by atoms with Crippen LogP contribution in [0.2, 0.25) is 0 Å². The Labute approximate surface area is 124 Å². The van der Waals surface area contributed by atoms with E-state index in [9.17, 15) is 14.7 Å². The Hall–Kier alpha value is -1.88. The molecular formula is C16H21NO4. The largest absolute Gasteiger partial charge is 0.480 e. The van der Waals surface area contributed by atoms with Crippen LogP contribution in [0.1, 0.15) is 30.9 Å². The van der Waals surface area contributed by atoms with Gasteiger partial charge in [0.05, 0.1) is 0 Å². The second-order valence-electron chi connectivity index (χ2n) is 5.15. The molecule has 0 radical (unpaired) electrons. The van der Waals surface area contributed by atoms with E-state index in [1.165, 1.54) is 4.90 Å². The number of nitrogens with zero attached hydrogens (tertiary/aromatic N) is 1. The summed E-state index contributed by atoms with van der Waals surface area (Å²) in [6.45, 7) is 3.44. The number of hydrogen-bond donors (Lipinski definition) is 1. The summed E-state index contributed by atoms with van der Waals surface area (Å²) in [5, 5.41) is 9.37. The van der Waals surface area contributed by atoms with Crippen molar-refractivity contribution in [3.05, 3.63) is 35.4 Å². The zero-order valence-corrected chi connectivity index (χ0v) is 12.2. The maximum atomic E-state index is 12.3. The van der Waals surface area contributed by atoms with Gasteiger partial charge in [0.1, 0.15) is 6.04 Å². The molecule has 2 rings (SSSR count). The number of benzene rings is 1. The van der Waals surface area contributed by atoms with Gasteiger partial charge >= 0.3 is 5.97 Å². The molecule has 0 saturated heterocycles. The van der Waals surface area contributed by atoms with Crippen LogP contribution in [0.25, 0.3) is 0 Å². The number of hydrogen-bond acceptors (Lipinski definition) is 3. The molecule has 0 fully saturated rings. The van der Waals surface area contributed by atoms with E-state index >= 15 is 0 Å². The molecule has 1 aliphatic heterocycles. The fourth-order valence-electron chi connectivity index (χ4n) is 2.62. The van der Waals surface area contributed by atoms with Gasteiger partial charge in [0.2, 0.25) is 5.91 Å². The summed E-state index contributed by atoms with van der Waals surface area (Å²) >= 11 is 0. The van der Waals surface area contributed by atoms with E-state index in [-0.39, 0.29) is 5.91 Å². The van der Waals surface area contributed by atoms with Crippen molar-refractivity contribution in [3.63, 3.8) is 0 Å². The number of amides is 1. The van der Waals surface area contributed by atoms with Crippen LogP contribution in [0, 0.1) is 0 Å².